The van der Waals surface area contributed by atoms with Crippen molar-refractivity contribution in [3.05, 3.63) is 34.9 Å². The molecule has 74 valence electrons. The average molecular weight is 190 g/mol. The molecule has 1 atom stereocenters. The highest BCUT2D eigenvalue weighted by Gasteiger charge is 2.30. The van der Waals surface area contributed by atoms with Crippen LogP contribution in [0.25, 0.3) is 0 Å². The number of ether oxygens (including phenoxy) is 1. The van der Waals surface area contributed by atoms with Crippen LogP contribution in [0.2, 0.25) is 0 Å². The van der Waals surface area contributed by atoms with E-state index < -0.39 is 0 Å². The van der Waals surface area contributed by atoms with Crippen LogP contribution in [0.15, 0.2) is 18.2 Å². The molecule has 0 aliphatic carbocycles. The molecule has 0 spiro atoms. The van der Waals surface area contributed by atoms with Gasteiger partial charge in [-0.25, -0.2) is 0 Å². The predicted octanol–water partition coefficient (Wildman–Crippen LogP) is 2.33. The monoisotopic (exact) mass is 190 g/mol. The Labute approximate surface area is 83.9 Å². The number of hydrogen-bond acceptors (Lipinski definition) is 2. The maximum Gasteiger partial charge on any atom is 0.313 e. The quantitative estimate of drug-likeness (QED) is 0.635. The van der Waals surface area contributed by atoms with Gasteiger partial charge < -0.3 is 4.74 Å². The first kappa shape index (κ1) is 9.25. The van der Waals surface area contributed by atoms with Gasteiger partial charge in [-0.2, -0.15) is 0 Å². The number of carbonyl (C=O) groups is 1. The van der Waals surface area contributed by atoms with E-state index in [1.165, 1.54) is 11.1 Å². The summed E-state index contributed by atoms with van der Waals surface area (Å²) >= 11 is 0. The molecular weight excluding hydrogens is 176 g/mol. The fourth-order valence-corrected chi connectivity index (χ4v) is 2.13. The number of benzene rings is 1. The molecule has 0 amide bonds. The predicted molar refractivity (Wildman–Crippen MR) is 54.2 cm³/mol. The minimum atomic E-state index is -0.0672. The summed E-state index contributed by atoms with van der Waals surface area (Å²) in [4.78, 5) is 11.5. The minimum Gasteiger partial charge on any atom is -0.465 e. The molecule has 0 bridgehead atoms. The van der Waals surface area contributed by atoms with Gasteiger partial charge in [0.1, 0.15) is 0 Å². The lowest BCUT2D eigenvalue weighted by Gasteiger charge is -2.12. The summed E-state index contributed by atoms with van der Waals surface area (Å²) < 4.78 is 4.99. The number of cyclic esters (lactones) is 1. The van der Waals surface area contributed by atoms with Crippen molar-refractivity contribution >= 4 is 5.97 Å². The molecule has 1 aliphatic heterocycles. The Kier molecular flexibility index (Phi) is 2.28. The summed E-state index contributed by atoms with van der Waals surface area (Å²) in [5.74, 6) is -0.0985. The summed E-state index contributed by atoms with van der Waals surface area (Å²) in [6, 6.07) is 6.12. The van der Waals surface area contributed by atoms with Gasteiger partial charge in [0.05, 0.1) is 12.5 Å². The molecule has 1 fully saturated rings. The molecule has 0 N–H and O–H groups in total. The normalized spacial score (nSPS) is 21.0. The molecule has 1 aromatic carbocycles. The van der Waals surface area contributed by atoms with Gasteiger partial charge in [-0.05, 0) is 37.0 Å². The standard InChI is InChI=1S/C12H14O2/c1-8-4-3-5-9(2)11(8)10-6-7-14-12(10)13/h3-5,10H,6-7H2,1-2H3. The van der Waals surface area contributed by atoms with Crippen LogP contribution in [0.3, 0.4) is 0 Å². The van der Waals surface area contributed by atoms with Gasteiger partial charge in [-0.15, -0.1) is 0 Å². The van der Waals surface area contributed by atoms with Crippen LogP contribution < -0.4 is 0 Å². The third-order valence-corrected chi connectivity index (χ3v) is 2.83. The van der Waals surface area contributed by atoms with Gasteiger partial charge in [-0.3, -0.25) is 4.79 Å². The fourth-order valence-electron chi connectivity index (χ4n) is 2.13. The molecule has 0 radical (unpaired) electrons. The van der Waals surface area contributed by atoms with Gasteiger partial charge in [-0.1, -0.05) is 18.2 Å². The van der Waals surface area contributed by atoms with Crippen molar-refractivity contribution < 1.29 is 9.53 Å². The molecule has 2 rings (SSSR count). The first-order valence-corrected chi connectivity index (χ1v) is 4.93. The lowest BCUT2D eigenvalue weighted by Crippen LogP contribution is -2.08. The Morgan fingerprint density at radius 3 is 2.43 bits per heavy atom. The molecule has 2 heteroatoms. The van der Waals surface area contributed by atoms with Crippen LogP contribution >= 0.6 is 0 Å². The van der Waals surface area contributed by atoms with Crippen molar-refractivity contribution in [3.63, 3.8) is 0 Å². The molecule has 1 aliphatic rings. The van der Waals surface area contributed by atoms with Crippen LogP contribution in [-0.2, 0) is 9.53 Å². The van der Waals surface area contributed by atoms with Crippen molar-refractivity contribution in [1.82, 2.24) is 0 Å². The van der Waals surface area contributed by atoms with E-state index in [0.29, 0.717) is 6.61 Å². The van der Waals surface area contributed by atoms with E-state index in [2.05, 4.69) is 0 Å². The average Bonchev–Trinajstić information content (AvgIpc) is 2.52. The Balaban J connectivity index is 2.44. The van der Waals surface area contributed by atoms with Crippen molar-refractivity contribution in [2.24, 2.45) is 0 Å². The van der Waals surface area contributed by atoms with Gasteiger partial charge in [0.25, 0.3) is 0 Å². The highest BCUT2D eigenvalue weighted by atomic mass is 16.5. The molecule has 0 aromatic heterocycles. The third kappa shape index (κ3) is 1.41. The first-order valence-electron chi connectivity index (χ1n) is 4.93. The van der Waals surface area contributed by atoms with Crippen molar-refractivity contribution in [1.29, 1.82) is 0 Å². The molecule has 0 saturated carbocycles. The third-order valence-electron chi connectivity index (χ3n) is 2.83. The summed E-state index contributed by atoms with van der Waals surface area (Å²) in [5, 5.41) is 0. The van der Waals surface area contributed by atoms with Crippen molar-refractivity contribution in [2.75, 3.05) is 6.61 Å². The summed E-state index contributed by atoms with van der Waals surface area (Å²) in [5.41, 5.74) is 3.54. The van der Waals surface area contributed by atoms with Gasteiger partial charge in [0.2, 0.25) is 0 Å². The fraction of sp³-hybridized carbons (Fsp3) is 0.417. The summed E-state index contributed by atoms with van der Waals surface area (Å²) in [7, 11) is 0. The Bertz CT molecular complexity index is 348. The number of rotatable bonds is 1. The lowest BCUT2D eigenvalue weighted by atomic mass is 9.90. The Morgan fingerprint density at radius 2 is 1.93 bits per heavy atom. The van der Waals surface area contributed by atoms with Gasteiger partial charge in [0.15, 0.2) is 0 Å². The SMILES string of the molecule is Cc1cccc(C)c1C1CCOC1=O. The van der Waals surface area contributed by atoms with Crippen LogP contribution in [0.4, 0.5) is 0 Å². The van der Waals surface area contributed by atoms with E-state index in [1.54, 1.807) is 0 Å². The zero-order valence-electron chi connectivity index (χ0n) is 8.54. The number of hydrogen-bond donors (Lipinski definition) is 0. The second-order valence-electron chi connectivity index (χ2n) is 3.81. The topological polar surface area (TPSA) is 26.3 Å². The largest absolute Gasteiger partial charge is 0.465 e. The Morgan fingerprint density at radius 1 is 1.29 bits per heavy atom. The second-order valence-corrected chi connectivity index (χ2v) is 3.81. The molecule has 1 heterocycles. The molecule has 14 heavy (non-hydrogen) atoms. The smallest absolute Gasteiger partial charge is 0.313 e. The molecule has 1 aromatic rings. The summed E-state index contributed by atoms with van der Waals surface area (Å²) in [6.45, 7) is 4.67. The van der Waals surface area contributed by atoms with Crippen LogP contribution in [0, 0.1) is 13.8 Å². The van der Waals surface area contributed by atoms with E-state index in [-0.39, 0.29) is 11.9 Å². The molecule has 1 saturated heterocycles. The Hall–Kier alpha value is -1.31. The molecule has 2 nitrogen and oxygen atoms in total. The van der Waals surface area contributed by atoms with Crippen LogP contribution in [0.5, 0.6) is 0 Å². The first-order chi connectivity index (χ1) is 6.70. The van der Waals surface area contributed by atoms with Gasteiger partial charge >= 0.3 is 5.97 Å². The maximum atomic E-state index is 11.5. The molecular formula is C12H14O2. The van der Waals surface area contributed by atoms with Crippen LogP contribution in [0.1, 0.15) is 29.0 Å². The maximum absolute atomic E-state index is 11.5. The van der Waals surface area contributed by atoms with E-state index in [9.17, 15) is 4.79 Å². The van der Waals surface area contributed by atoms with E-state index in [4.69, 9.17) is 4.74 Å². The van der Waals surface area contributed by atoms with Crippen molar-refractivity contribution in [2.45, 2.75) is 26.2 Å². The van der Waals surface area contributed by atoms with E-state index in [0.717, 1.165) is 12.0 Å². The minimum absolute atomic E-state index is 0.0313. The lowest BCUT2D eigenvalue weighted by molar-refractivity contribution is -0.139. The zero-order valence-corrected chi connectivity index (χ0v) is 8.54. The second kappa shape index (κ2) is 3.45. The number of esters is 1. The van der Waals surface area contributed by atoms with Crippen molar-refractivity contribution in [3.8, 4) is 0 Å². The molecule has 1 unspecified atom stereocenters. The van der Waals surface area contributed by atoms with E-state index in [1.807, 2.05) is 32.0 Å². The number of carbonyl (C=O) groups excluding carboxylic acids is 1. The van der Waals surface area contributed by atoms with E-state index >= 15 is 0 Å². The van der Waals surface area contributed by atoms with Crippen LogP contribution in [-0.4, -0.2) is 12.6 Å². The number of aryl methyl sites for hydroxylation is 2. The highest BCUT2D eigenvalue weighted by Crippen LogP contribution is 2.31. The zero-order chi connectivity index (χ0) is 10.1. The highest BCUT2D eigenvalue weighted by molar-refractivity contribution is 5.80. The van der Waals surface area contributed by atoms with Gasteiger partial charge in [0, 0.05) is 0 Å². The summed E-state index contributed by atoms with van der Waals surface area (Å²) in [6.07, 6.45) is 0.824.